The molecule has 138 valence electrons. The summed E-state index contributed by atoms with van der Waals surface area (Å²) in [6, 6.07) is 12.6. The summed E-state index contributed by atoms with van der Waals surface area (Å²) >= 11 is 0. The van der Waals surface area contributed by atoms with Crippen LogP contribution in [-0.4, -0.2) is 24.2 Å². The molecule has 0 amide bonds. The first-order chi connectivity index (χ1) is 13.3. The summed E-state index contributed by atoms with van der Waals surface area (Å²) < 4.78 is 10.6. The van der Waals surface area contributed by atoms with E-state index in [4.69, 9.17) is 9.47 Å². The third kappa shape index (κ3) is 4.28. The van der Waals surface area contributed by atoms with Crippen molar-refractivity contribution >= 4 is 0 Å². The van der Waals surface area contributed by atoms with Crippen LogP contribution < -0.4 is 9.47 Å². The van der Waals surface area contributed by atoms with Crippen molar-refractivity contribution in [1.82, 2.24) is 9.97 Å². The van der Waals surface area contributed by atoms with Gasteiger partial charge in [0.1, 0.15) is 6.04 Å². The van der Waals surface area contributed by atoms with Crippen LogP contribution in [0.3, 0.4) is 0 Å². The van der Waals surface area contributed by atoms with E-state index in [9.17, 15) is 4.91 Å². The van der Waals surface area contributed by atoms with Crippen LogP contribution >= 0.6 is 0 Å². The second kappa shape index (κ2) is 8.89. The number of benzene rings is 1. The highest BCUT2D eigenvalue weighted by Crippen LogP contribution is 2.30. The van der Waals surface area contributed by atoms with E-state index < -0.39 is 6.04 Å². The van der Waals surface area contributed by atoms with Crippen molar-refractivity contribution in [3.63, 3.8) is 0 Å². The molecule has 0 N–H and O–H groups in total. The van der Waals surface area contributed by atoms with Crippen molar-refractivity contribution in [2.45, 2.75) is 18.9 Å². The molecule has 0 aliphatic heterocycles. The minimum Gasteiger partial charge on any atom is -0.493 e. The van der Waals surface area contributed by atoms with Crippen molar-refractivity contribution in [3.05, 3.63) is 88.3 Å². The van der Waals surface area contributed by atoms with Gasteiger partial charge in [0, 0.05) is 35.4 Å². The molecule has 3 rings (SSSR count). The predicted octanol–water partition coefficient (Wildman–Crippen LogP) is 4.13. The highest BCUT2D eigenvalue weighted by atomic mass is 16.5. The van der Waals surface area contributed by atoms with E-state index >= 15 is 0 Å². The van der Waals surface area contributed by atoms with Gasteiger partial charge in [-0.1, -0.05) is 23.4 Å². The van der Waals surface area contributed by atoms with Crippen LogP contribution in [-0.2, 0) is 12.8 Å². The smallest absolute Gasteiger partial charge is 0.160 e. The lowest BCUT2D eigenvalue weighted by Crippen LogP contribution is -2.06. The molecule has 2 heterocycles. The molecule has 0 saturated heterocycles. The van der Waals surface area contributed by atoms with Gasteiger partial charge in [0.15, 0.2) is 11.5 Å². The summed E-state index contributed by atoms with van der Waals surface area (Å²) in [6.45, 7) is 0. The van der Waals surface area contributed by atoms with Gasteiger partial charge in [-0.2, -0.15) is 0 Å². The zero-order valence-electron chi connectivity index (χ0n) is 15.3. The van der Waals surface area contributed by atoms with Crippen molar-refractivity contribution in [1.29, 1.82) is 0 Å². The van der Waals surface area contributed by atoms with Crippen molar-refractivity contribution < 1.29 is 9.47 Å². The Balaban J connectivity index is 1.83. The molecule has 0 saturated carbocycles. The van der Waals surface area contributed by atoms with Gasteiger partial charge in [-0.25, -0.2) is 0 Å². The number of rotatable bonds is 8. The van der Waals surface area contributed by atoms with Gasteiger partial charge < -0.3 is 9.47 Å². The fourth-order valence-electron chi connectivity index (χ4n) is 3.04. The third-order valence-corrected chi connectivity index (χ3v) is 4.42. The van der Waals surface area contributed by atoms with E-state index in [1.807, 2.05) is 36.4 Å². The Bertz CT molecular complexity index is 900. The fraction of sp³-hybridized carbons (Fsp3) is 0.238. The lowest BCUT2D eigenvalue weighted by molar-refractivity contribution is 0.354. The molecule has 0 aliphatic rings. The Kier molecular flexibility index (Phi) is 6.10. The third-order valence-electron chi connectivity index (χ3n) is 4.42. The first kappa shape index (κ1) is 18.5. The Labute approximate surface area is 158 Å². The molecule has 6 nitrogen and oxygen atoms in total. The Morgan fingerprint density at radius 3 is 2.52 bits per heavy atom. The van der Waals surface area contributed by atoms with Crippen LogP contribution in [0.25, 0.3) is 0 Å². The van der Waals surface area contributed by atoms with Gasteiger partial charge in [0.2, 0.25) is 0 Å². The molecule has 1 unspecified atom stereocenters. The summed E-state index contributed by atoms with van der Waals surface area (Å²) in [6.07, 6.45) is 6.50. The number of ether oxygens (including phenoxy) is 2. The van der Waals surface area contributed by atoms with Crippen molar-refractivity contribution in [3.8, 4) is 11.5 Å². The highest BCUT2D eigenvalue weighted by Gasteiger charge is 2.19. The van der Waals surface area contributed by atoms with Crippen molar-refractivity contribution in [2.24, 2.45) is 5.18 Å². The van der Waals surface area contributed by atoms with Crippen LogP contribution in [0.1, 0.15) is 28.4 Å². The molecule has 3 aromatic rings. The summed E-state index contributed by atoms with van der Waals surface area (Å²) in [5.41, 5.74) is 3.51. The SMILES string of the molecule is COc1ccc(CCc2ncccc2C(N=O)c2cccnc2)cc1OC. The van der Waals surface area contributed by atoms with E-state index in [0.29, 0.717) is 17.9 Å². The number of methoxy groups -OCH3 is 2. The first-order valence-corrected chi connectivity index (χ1v) is 8.64. The standard InChI is InChI=1S/C21H21N3O3/c1-26-19-10-8-15(13-20(19)27-2)7-9-18-17(6-4-12-23-18)21(24-25)16-5-3-11-22-14-16/h3-6,8,10-14,21H,7,9H2,1-2H3. The monoisotopic (exact) mass is 363 g/mol. The van der Waals surface area contributed by atoms with Gasteiger partial charge in [-0.15, -0.1) is 4.91 Å². The molecule has 6 heteroatoms. The molecule has 1 atom stereocenters. The minimum atomic E-state index is -0.618. The largest absolute Gasteiger partial charge is 0.493 e. The minimum absolute atomic E-state index is 0.618. The number of hydrogen-bond donors (Lipinski definition) is 0. The van der Waals surface area contributed by atoms with E-state index in [1.165, 1.54) is 0 Å². The van der Waals surface area contributed by atoms with Crippen LogP contribution in [0.15, 0.2) is 66.2 Å². The Hall–Kier alpha value is -3.28. The lowest BCUT2D eigenvalue weighted by atomic mass is 9.96. The maximum Gasteiger partial charge on any atom is 0.160 e. The van der Waals surface area contributed by atoms with E-state index in [2.05, 4.69) is 15.1 Å². The van der Waals surface area contributed by atoms with E-state index in [0.717, 1.165) is 28.8 Å². The second-order valence-corrected chi connectivity index (χ2v) is 6.02. The summed E-state index contributed by atoms with van der Waals surface area (Å²) in [5.74, 6) is 1.39. The molecule has 0 fully saturated rings. The average Bonchev–Trinajstić information content (AvgIpc) is 2.74. The molecule has 0 spiro atoms. The van der Waals surface area contributed by atoms with Gasteiger partial charge in [-0.05, 0) is 42.7 Å². The molecule has 1 aromatic carbocycles. The number of pyridine rings is 2. The highest BCUT2D eigenvalue weighted by molar-refractivity contribution is 5.43. The first-order valence-electron chi connectivity index (χ1n) is 8.64. The number of hydrogen-bond acceptors (Lipinski definition) is 6. The van der Waals surface area contributed by atoms with Gasteiger partial charge in [-0.3, -0.25) is 9.97 Å². The second-order valence-electron chi connectivity index (χ2n) is 6.02. The maximum atomic E-state index is 11.6. The van der Waals surface area contributed by atoms with Crippen LogP contribution in [0, 0.1) is 4.91 Å². The number of aromatic nitrogens is 2. The van der Waals surface area contributed by atoms with Gasteiger partial charge in [0.25, 0.3) is 0 Å². The van der Waals surface area contributed by atoms with E-state index in [-0.39, 0.29) is 0 Å². The Morgan fingerprint density at radius 1 is 1.00 bits per heavy atom. The maximum absolute atomic E-state index is 11.6. The van der Waals surface area contributed by atoms with E-state index in [1.54, 1.807) is 38.9 Å². The lowest BCUT2D eigenvalue weighted by Gasteiger charge is -2.14. The Morgan fingerprint density at radius 2 is 1.81 bits per heavy atom. The number of nitroso groups, excluding NO2 is 1. The number of aryl methyl sites for hydroxylation is 2. The fourth-order valence-corrected chi connectivity index (χ4v) is 3.04. The van der Waals surface area contributed by atoms with Crippen LogP contribution in [0.4, 0.5) is 0 Å². The molecular formula is C21H21N3O3. The zero-order chi connectivity index (χ0) is 19.1. The topological polar surface area (TPSA) is 73.7 Å². The molecule has 2 aromatic heterocycles. The normalized spacial score (nSPS) is 11.6. The zero-order valence-corrected chi connectivity index (χ0v) is 15.3. The molecule has 0 radical (unpaired) electrons. The van der Waals surface area contributed by atoms with Crippen molar-refractivity contribution in [2.75, 3.05) is 14.2 Å². The molecule has 27 heavy (non-hydrogen) atoms. The quantitative estimate of drug-likeness (QED) is 0.563. The number of nitrogens with zero attached hydrogens (tertiary/aromatic N) is 3. The van der Waals surface area contributed by atoms with Crippen LogP contribution in [0.5, 0.6) is 11.5 Å². The van der Waals surface area contributed by atoms with Gasteiger partial charge in [0.05, 0.1) is 14.2 Å². The van der Waals surface area contributed by atoms with Crippen LogP contribution in [0.2, 0.25) is 0 Å². The molecule has 0 bridgehead atoms. The average molecular weight is 363 g/mol. The molecular weight excluding hydrogens is 342 g/mol. The van der Waals surface area contributed by atoms with Gasteiger partial charge >= 0.3 is 0 Å². The summed E-state index contributed by atoms with van der Waals surface area (Å²) in [7, 11) is 3.23. The molecule has 0 aliphatic carbocycles. The summed E-state index contributed by atoms with van der Waals surface area (Å²) in [5, 5.41) is 3.33. The predicted molar refractivity (Wildman–Crippen MR) is 103 cm³/mol. The summed E-state index contributed by atoms with van der Waals surface area (Å²) in [4.78, 5) is 20.1.